The smallest absolute Gasteiger partial charge is 0.462 e. The van der Waals surface area contributed by atoms with Gasteiger partial charge in [0.1, 0.15) is 19.3 Å². The molecule has 0 rings (SSSR count). The van der Waals surface area contributed by atoms with Gasteiger partial charge in [-0.3, -0.25) is 37.3 Å². The molecule has 0 bridgehead atoms. The summed E-state index contributed by atoms with van der Waals surface area (Å²) in [6, 6.07) is 0. The fourth-order valence-electron chi connectivity index (χ4n) is 11.8. The fourth-order valence-corrected chi connectivity index (χ4v) is 13.3. The molecule has 19 heteroatoms. The van der Waals surface area contributed by atoms with Crippen molar-refractivity contribution in [2.75, 3.05) is 39.6 Å². The van der Waals surface area contributed by atoms with Crippen LogP contribution < -0.4 is 0 Å². The van der Waals surface area contributed by atoms with Crippen LogP contribution in [0.15, 0.2) is 122 Å². The number of carbonyl (C=O) groups is 4. The fraction of sp³-hybridized carbons (Fsp3) is 0.736. The SMILES string of the molecule is CC/C=C\C/C=C\C/C=C\C/C=C\CCCCCCC(=O)OC(COC(=O)CCCCCCCC/C=C\C/C=C\C/C=C\CCCCC)COP(=O)(O)OCC(O)COP(=O)(O)OCC(COC(=O)CCCCCCCC/C=C\C/C=C\C/C=C\CCCCC)OC(=O)CCCCCCCCCCCCCCCCC. The highest BCUT2D eigenvalue weighted by molar-refractivity contribution is 7.47. The zero-order chi connectivity index (χ0) is 80.3. The van der Waals surface area contributed by atoms with Gasteiger partial charge in [-0.1, -0.05) is 329 Å². The van der Waals surface area contributed by atoms with Crippen LogP contribution in [0.1, 0.15) is 374 Å². The Bertz CT molecular complexity index is 2550. The molecule has 3 N–H and O–H groups in total. The Hall–Kier alpha value is -4.54. The van der Waals surface area contributed by atoms with E-state index >= 15 is 0 Å². The molecule has 5 atom stereocenters. The molecule has 0 radical (unpaired) electrons. The maximum atomic E-state index is 13.1. The first-order valence-electron chi connectivity index (χ1n) is 43.8. The van der Waals surface area contributed by atoms with E-state index in [0.717, 1.165) is 193 Å². The third-order valence-corrected chi connectivity index (χ3v) is 20.3. The molecular weight excluding hydrogens is 1430 g/mol. The van der Waals surface area contributed by atoms with E-state index in [2.05, 4.69) is 149 Å². The second kappa shape index (κ2) is 82.4. The second-order valence-corrected chi connectivity index (χ2v) is 32.0. The monoisotopic (exact) mass is 1590 g/mol. The Labute approximate surface area is 670 Å². The van der Waals surface area contributed by atoms with Crippen LogP contribution in [0.3, 0.4) is 0 Å². The number of ether oxygens (including phenoxy) is 4. The largest absolute Gasteiger partial charge is 0.472 e. The summed E-state index contributed by atoms with van der Waals surface area (Å²) in [7, 11) is -9.98. The number of phosphoric acid groups is 2. The first-order chi connectivity index (χ1) is 53.7. The van der Waals surface area contributed by atoms with Gasteiger partial charge in [0, 0.05) is 25.7 Å². The summed E-state index contributed by atoms with van der Waals surface area (Å²) in [6.07, 6.45) is 92.9. The number of rotatable bonds is 82. The van der Waals surface area contributed by atoms with Crippen molar-refractivity contribution in [1.29, 1.82) is 0 Å². The van der Waals surface area contributed by atoms with Gasteiger partial charge in [-0.15, -0.1) is 0 Å². The number of hydrogen-bond acceptors (Lipinski definition) is 15. The van der Waals surface area contributed by atoms with Crippen molar-refractivity contribution in [3.8, 4) is 0 Å². The third-order valence-electron chi connectivity index (χ3n) is 18.4. The zero-order valence-electron chi connectivity index (χ0n) is 69.7. The molecule has 634 valence electrons. The predicted molar refractivity (Wildman–Crippen MR) is 455 cm³/mol. The highest BCUT2D eigenvalue weighted by Gasteiger charge is 2.30. The van der Waals surface area contributed by atoms with Crippen molar-refractivity contribution in [3.05, 3.63) is 122 Å². The molecule has 0 spiro atoms. The lowest BCUT2D eigenvalue weighted by molar-refractivity contribution is -0.161. The summed E-state index contributed by atoms with van der Waals surface area (Å²) in [5, 5.41) is 10.7. The molecule has 110 heavy (non-hydrogen) atoms. The first kappa shape index (κ1) is 105. The van der Waals surface area contributed by atoms with Gasteiger partial charge in [-0.05, 0) is 141 Å². The van der Waals surface area contributed by atoms with Crippen LogP contribution in [0.4, 0.5) is 0 Å². The van der Waals surface area contributed by atoms with E-state index in [4.69, 9.17) is 37.0 Å². The van der Waals surface area contributed by atoms with Gasteiger partial charge in [-0.25, -0.2) is 9.13 Å². The maximum absolute atomic E-state index is 13.1. The summed E-state index contributed by atoms with van der Waals surface area (Å²) >= 11 is 0. The first-order valence-corrected chi connectivity index (χ1v) is 46.8. The van der Waals surface area contributed by atoms with E-state index < -0.39 is 97.5 Å². The number of esters is 4. The van der Waals surface area contributed by atoms with Crippen molar-refractivity contribution < 1.29 is 80.2 Å². The Kier molecular flexibility index (Phi) is 79.0. The number of phosphoric ester groups is 2. The van der Waals surface area contributed by atoms with Crippen molar-refractivity contribution >= 4 is 39.5 Å². The molecule has 0 aromatic rings. The molecule has 0 aromatic heterocycles. The number of aliphatic hydroxyl groups excluding tert-OH is 1. The van der Waals surface area contributed by atoms with Crippen LogP contribution in [0.25, 0.3) is 0 Å². The lowest BCUT2D eigenvalue weighted by atomic mass is 10.0. The summed E-state index contributed by atoms with van der Waals surface area (Å²) in [5.41, 5.74) is 0. The summed E-state index contributed by atoms with van der Waals surface area (Å²) in [4.78, 5) is 73.3. The quantitative estimate of drug-likeness (QED) is 0.0169. The molecule has 0 aliphatic carbocycles. The van der Waals surface area contributed by atoms with Crippen LogP contribution >= 0.6 is 15.6 Å². The molecule has 17 nitrogen and oxygen atoms in total. The van der Waals surface area contributed by atoms with Crippen LogP contribution in [0.5, 0.6) is 0 Å². The molecule has 0 saturated heterocycles. The van der Waals surface area contributed by atoms with Crippen molar-refractivity contribution in [2.24, 2.45) is 0 Å². The van der Waals surface area contributed by atoms with Gasteiger partial charge in [0.15, 0.2) is 12.2 Å². The number of unbranched alkanes of at least 4 members (excludes halogenated alkanes) is 36. The standard InChI is InChI=1S/C91H158O17P2/c1-5-9-13-17-21-25-29-33-37-40-42-45-48-51-55-59-63-67-71-75-88(93)101-81-86(107-90(95)77-73-69-65-61-57-53-47-36-32-28-24-20-16-12-8-4)83-105-109(97,98)103-79-85(92)80-104-110(99,100)106-84-87(108-91(96)78-74-70-66-62-58-54-50-44-39-35-31-27-23-19-15-11-7-3)82-102-89(94)76-72-68-64-60-56-52-49-46-43-41-38-34-30-26-22-18-14-10-6-2/h11,15,21-23,25-27,33-35,37-39,42-43,45-46,50,54,85-87,92H,5-10,12-14,16-20,24,28-32,36,40-41,44,47-49,51-53,55-84H2,1-4H3,(H,97,98)(H,99,100)/b15-11-,25-21-,26-22-,27-23-,37-33-,38-34-,39-35-,45-42-,46-43-,54-50-. The molecule has 0 amide bonds. The molecule has 0 heterocycles. The van der Waals surface area contributed by atoms with Crippen LogP contribution in [0.2, 0.25) is 0 Å². The molecule has 0 fully saturated rings. The highest BCUT2D eigenvalue weighted by Crippen LogP contribution is 2.45. The Morgan fingerprint density at radius 1 is 0.264 bits per heavy atom. The van der Waals surface area contributed by atoms with Crippen LogP contribution in [0, 0.1) is 0 Å². The number of allylic oxidation sites excluding steroid dienone is 20. The van der Waals surface area contributed by atoms with Crippen molar-refractivity contribution in [3.63, 3.8) is 0 Å². The summed E-state index contributed by atoms with van der Waals surface area (Å²) in [6.45, 7) is 4.72. The third kappa shape index (κ3) is 81.5. The molecule has 0 aliphatic heterocycles. The Morgan fingerprint density at radius 2 is 0.473 bits per heavy atom. The van der Waals surface area contributed by atoms with E-state index in [-0.39, 0.29) is 25.7 Å². The second-order valence-electron chi connectivity index (χ2n) is 29.1. The van der Waals surface area contributed by atoms with Crippen molar-refractivity contribution in [1.82, 2.24) is 0 Å². The van der Waals surface area contributed by atoms with Crippen LogP contribution in [-0.4, -0.2) is 96.7 Å². The summed E-state index contributed by atoms with van der Waals surface area (Å²) < 4.78 is 68.9. The molecule has 0 aliphatic rings. The number of hydrogen-bond donors (Lipinski definition) is 3. The van der Waals surface area contributed by atoms with Gasteiger partial charge < -0.3 is 33.8 Å². The average molecular weight is 1590 g/mol. The lowest BCUT2D eigenvalue weighted by Crippen LogP contribution is -2.30. The number of carbonyl (C=O) groups excluding carboxylic acids is 4. The topological polar surface area (TPSA) is 237 Å². The minimum atomic E-state index is -4.99. The normalized spacial score (nSPS) is 14.4. The van der Waals surface area contributed by atoms with E-state index in [0.29, 0.717) is 25.7 Å². The molecule has 5 unspecified atom stereocenters. The van der Waals surface area contributed by atoms with Gasteiger partial charge in [0.25, 0.3) is 0 Å². The predicted octanol–water partition coefficient (Wildman–Crippen LogP) is 26.2. The van der Waals surface area contributed by atoms with Gasteiger partial charge in [-0.2, -0.15) is 0 Å². The van der Waals surface area contributed by atoms with Gasteiger partial charge in [0.05, 0.1) is 26.4 Å². The maximum Gasteiger partial charge on any atom is 0.472 e. The highest BCUT2D eigenvalue weighted by atomic mass is 31.2. The van der Waals surface area contributed by atoms with E-state index in [1.54, 1.807) is 0 Å². The Morgan fingerprint density at radius 3 is 0.745 bits per heavy atom. The molecular formula is C91H158O17P2. The van der Waals surface area contributed by atoms with Crippen LogP contribution in [-0.2, 0) is 65.4 Å². The Balaban J connectivity index is 5.40. The summed E-state index contributed by atoms with van der Waals surface area (Å²) in [5.74, 6) is -2.21. The molecule has 0 saturated carbocycles. The molecule has 0 aromatic carbocycles. The van der Waals surface area contributed by atoms with E-state index in [1.165, 1.54) is 103 Å². The number of aliphatic hydroxyl groups is 1. The zero-order valence-corrected chi connectivity index (χ0v) is 71.4. The minimum Gasteiger partial charge on any atom is -0.462 e. The van der Waals surface area contributed by atoms with E-state index in [9.17, 15) is 43.2 Å². The minimum absolute atomic E-state index is 0.0622. The lowest BCUT2D eigenvalue weighted by Gasteiger charge is -2.21. The van der Waals surface area contributed by atoms with Gasteiger partial charge >= 0.3 is 39.5 Å². The van der Waals surface area contributed by atoms with E-state index in [1.807, 2.05) is 0 Å². The van der Waals surface area contributed by atoms with Gasteiger partial charge in [0.2, 0.25) is 0 Å². The van der Waals surface area contributed by atoms with Crippen molar-refractivity contribution in [2.45, 2.75) is 393 Å². The average Bonchev–Trinajstić information content (AvgIpc) is 0.906.